The van der Waals surface area contributed by atoms with Crippen molar-refractivity contribution in [3.8, 4) is 0 Å². The van der Waals surface area contributed by atoms with Gasteiger partial charge in [0.25, 0.3) is 0 Å². The number of fused-ring (bicyclic) bond motifs is 5. The Morgan fingerprint density at radius 1 is 1.00 bits per heavy atom. The number of ketones is 1. The number of rotatable bonds is 1. The zero-order valence-corrected chi connectivity index (χ0v) is 18.1. The molecule has 0 aromatic carbocycles. The van der Waals surface area contributed by atoms with Crippen LogP contribution in [0.5, 0.6) is 0 Å². The van der Waals surface area contributed by atoms with Crippen LogP contribution in [0.4, 0.5) is 0 Å². The van der Waals surface area contributed by atoms with Crippen LogP contribution in [-0.2, 0) is 4.79 Å². The first-order valence-corrected chi connectivity index (χ1v) is 11.4. The summed E-state index contributed by atoms with van der Waals surface area (Å²) in [5.41, 5.74) is -4.17. The number of aliphatic hydroxyl groups excluding tert-OH is 2. The van der Waals surface area contributed by atoms with Crippen molar-refractivity contribution in [1.82, 2.24) is 0 Å². The Morgan fingerprint density at radius 2 is 1.74 bits per heavy atom. The van der Waals surface area contributed by atoms with Crippen molar-refractivity contribution >= 4 is 5.78 Å². The van der Waals surface area contributed by atoms with Gasteiger partial charge in [-0.05, 0) is 62.0 Å². The molecule has 0 amide bonds. The summed E-state index contributed by atoms with van der Waals surface area (Å²) in [7, 11) is 0. The van der Waals surface area contributed by atoms with E-state index in [9.17, 15) is 30.0 Å². The van der Waals surface area contributed by atoms with Crippen molar-refractivity contribution in [3.63, 3.8) is 0 Å². The van der Waals surface area contributed by atoms with Gasteiger partial charge in [-0.3, -0.25) is 4.79 Å². The van der Waals surface area contributed by atoms with E-state index in [-0.39, 0.29) is 24.0 Å². The van der Waals surface area contributed by atoms with Gasteiger partial charge < -0.3 is 24.8 Å². The summed E-state index contributed by atoms with van der Waals surface area (Å²) >= 11 is 0. The second-order valence-electron chi connectivity index (χ2n) is 11.0. The maximum Gasteiger partial charge on any atom is 0.335 e. The molecule has 5 rings (SSSR count). The highest BCUT2D eigenvalue weighted by Crippen LogP contribution is 2.70. The molecule has 4 aliphatic rings. The monoisotopic (exact) mass is 432 g/mol. The SMILES string of the molecule is CC12CCC(O)CC1(O)CCC1C2C(=O)C(O)C2(C)C(c3ccc(=O)oc3)CCC12O. The lowest BCUT2D eigenvalue weighted by Gasteiger charge is -2.65. The van der Waals surface area contributed by atoms with Gasteiger partial charge in [-0.15, -0.1) is 0 Å². The molecule has 7 nitrogen and oxygen atoms in total. The number of aliphatic hydroxyl groups is 4. The Hall–Kier alpha value is -1.54. The van der Waals surface area contributed by atoms with Crippen LogP contribution in [0.1, 0.15) is 70.3 Å². The number of hydrogen-bond donors (Lipinski definition) is 4. The van der Waals surface area contributed by atoms with Gasteiger partial charge in [0.05, 0.1) is 23.6 Å². The van der Waals surface area contributed by atoms with Crippen molar-refractivity contribution in [1.29, 1.82) is 0 Å². The summed E-state index contributed by atoms with van der Waals surface area (Å²) < 4.78 is 5.05. The number of Topliss-reactive ketones (excluding diaryl/α,β-unsaturated/α-hetero) is 1. The molecule has 0 saturated heterocycles. The van der Waals surface area contributed by atoms with Crippen LogP contribution in [0.3, 0.4) is 0 Å². The third-order valence-corrected chi connectivity index (χ3v) is 9.94. The minimum atomic E-state index is -1.40. The fraction of sp³-hybridized carbons (Fsp3) is 0.750. The topological polar surface area (TPSA) is 128 Å². The van der Waals surface area contributed by atoms with E-state index >= 15 is 0 Å². The zero-order valence-electron chi connectivity index (χ0n) is 18.1. The third kappa shape index (κ3) is 2.49. The standard InChI is InChI=1S/C24H32O7/c1-21-8-5-14(25)11-23(21,29)9-6-16-18(21)19(27)20(28)22(2)15(7-10-24(16,22)30)13-3-4-17(26)31-12-13/h3-4,12,14-16,18,20,25,28-30H,5-11H2,1-2H3. The molecule has 1 aromatic rings. The first-order valence-electron chi connectivity index (χ1n) is 11.4. The molecular formula is C24H32O7. The van der Waals surface area contributed by atoms with Gasteiger partial charge in [-0.25, -0.2) is 4.79 Å². The highest BCUT2D eigenvalue weighted by molar-refractivity contribution is 5.89. The molecule has 1 heterocycles. The van der Waals surface area contributed by atoms with Gasteiger partial charge in [-0.1, -0.05) is 13.8 Å². The fourth-order valence-corrected chi connectivity index (χ4v) is 8.08. The van der Waals surface area contributed by atoms with Gasteiger partial charge in [0.2, 0.25) is 0 Å². The molecule has 0 aliphatic heterocycles. The molecule has 1 aromatic heterocycles. The summed E-state index contributed by atoms with van der Waals surface area (Å²) in [4.78, 5) is 25.2. The highest BCUT2D eigenvalue weighted by Gasteiger charge is 2.75. The van der Waals surface area contributed by atoms with Gasteiger partial charge in [0, 0.05) is 29.2 Å². The van der Waals surface area contributed by atoms with E-state index in [2.05, 4.69) is 0 Å². The molecule has 9 atom stereocenters. The van der Waals surface area contributed by atoms with E-state index in [0.717, 1.165) is 0 Å². The Labute approximate surface area is 181 Å². The minimum Gasteiger partial charge on any atom is -0.431 e. The molecule has 9 unspecified atom stereocenters. The minimum absolute atomic E-state index is 0.220. The van der Waals surface area contributed by atoms with Crippen molar-refractivity contribution in [2.45, 2.75) is 88.1 Å². The van der Waals surface area contributed by atoms with E-state index in [4.69, 9.17) is 4.42 Å². The average Bonchev–Trinajstić information content (AvgIpc) is 3.00. The van der Waals surface area contributed by atoms with Crippen molar-refractivity contribution < 1.29 is 29.6 Å². The van der Waals surface area contributed by atoms with Crippen molar-refractivity contribution in [2.75, 3.05) is 0 Å². The summed E-state index contributed by atoms with van der Waals surface area (Å²) in [6, 6.07) is 2.98. The normalized spacial score (nSPS) is 51.7. The average molecular weight is 433 g/mol. The molecule has 4 N–H and O–H groups in total. The van der Waals surface area contributed by atoms with Crippen LogP contribution < -0.4 is 5.63 Å². The van der Waals surface area contributed by atoms with Crippen LogP contribution in [-0.4, -0.2) is 49.6 Å². The van der Waals surface area contributed by atoms with Crippen LogP contribution in [0.25, 0.3) is 0 Å². The van der Waals surface area contributed by atoms with Gasteiger partial charge >= 0.3 is 5.63 Å². The first-order chi connectivity index (χ1) is 14.5. The molecule has 0 bridgehead atoms. The predicted molar refractivity (Wildman–Crippen MR) is 110 cm³/mol. The number of hydrogen-bond acceptors (Lipinski definition) is 7. The molecule has 7 heteroatoms. The van der Waals surface area contributed by atoms with E-state index in [0.29, 0.717) is 44.1 Å². The number of carbonyl (C=O) groups excluding carboxylic acids is 1. The maximum atomic E-state index is 13.8. The number of carbonyl (C=O) groups is 1. The lowest BCUT2D eigenvalue weighted by atomic mass is 9.41. The molecule has 31 heavy (non-hydrogen) atoms. The van der Waals surface area contributed by atoms with Crippen LogP contribution in [0, 0.1) is 22.7 Å². The third-order valence-electron chi connectivity index (χ3n) is 9.94. The van der Waals surface area contributed by atoms with E-state index < -0.39 is 45.8 Å². The molecule has 4 aliphatic carbocycles. The molecule has 4 saturated carbocycles. The molecule has 170 valence electrons. The lowest BCUT2D eigenvalue weighted by molar-refractivity contribution is -0.260. The van der Waals surface area contributed by atoms with Gasteiger partial charge in [-0.2, -0.15) is 0 Å². The van der Waals surface area contributed by atoms with Crippen molar-refractivity contribution in [2.24, 2.45) is 22.7 Å². The van der Waals surface area contributed by atoms with Crippen LogP contribution in [0.15, 0.2) is 27.6 Å². The summed E-state index contributed by atoms with van der Waals surface area (Å²) in [5.74, 6) is -1.70. The quantitative estimate of drug-likeness (QED) is 0.529. The molecule has 0 spiro atoms. The van der Waals surface area contributed by atoms with Crippen LogP contribution >= 0.6 is 0 Å². The summed E-state index contributed by atoms with van der Waals surface area (Å²) in [5, 5.41) is 45.2. The Kier molecular flexibility index (Phi) is 4.47. The zero-order chi connectivity index (χ0) is 22.4. The fourth-order valence-electron chi connectivity index (χ4n) is 8.08. The maximum absolute atomic E-state index is 13.8. The summed E-state index contributed by atoms with van der Waals surface area (Å²) in [6.45, 7) is 3.67. The Morgan fingerprint density at radius 3 is 2.42 bits per heavy atom. The van der Waals surface area contributed by atoms with E-state index in [1.165, 1.54) is 12.3 Å². The molecule has 0 radical (unpaired) electrons. The Bertz CT molecular complexity index is 952. The van der Waals surface area contributed by atoms with Crippen molar-refractivity contribution in [3.05, 3.63) is 34.4 Å². The molecular weight excluding hydrogens is 400 g/mol. The summed E-state index contributed by atoms with van der Waals surface area (Å²) in [6.07, 6.45) is 2.42. The second kappa shape index (κ2) is 6.50. The molecule has 4 fully saturated rings. The largest absolute Gasteiger partial charge is 0.431 e. The first kappa shape index (κ1) is 21.3. The smallest absolute Gasteiger partial charge is 0.335 e. The predicted octanol–water partition coefficient (Wildman–Crippen LogP) is 1.51. The second-order valence-corrected chi connectivity index (χ2v) is 11.0. The highest BCUT2D eigenvalue weighted by atomic mass is 16.4. The van der Waals surface area contributed by atoms with Gasteiger partial charge in [0.15, 0.2) is 5.78 Å². The van der Waals surface area contributed by atoms with Crippen LogP contribution in [0.2, 0.25) is 0 Å². The van der Waals surface area contributed by atoms with E-state index in [1.807, 2.05) is 6.92 Å². The lowest BCUT2D eigenvalue weighted by Crippen LogP contribution is -2.73. The Balaban J connectivity index is 1.60. The van der Waals surface area contributed by atoms with Gasteiger partial charge in [0.1, 0.15) is 6.10 Å². The van der Waals surface area contributed by atoms with E-state index in [1.54, 1.807) is 13.0 Å².